The van der Waals surface area contributed by atoms with Gasteiger partial charge in [-0.1, -0.05) is 6.42 Å². The summed E-state index contributed by atoms with van der Waals surface area (Å²) in [4.78, 5) is 26.4. The van der Waals surface area contributed by atoms with Gasteiger partial charge in [-0.3, -0.25) is 9.69 Å². The van der Waals surface area contributed by atoms with Crippen molar-refractivity contribution in [2.45, 2.75) is 32.2 Å². The van der Waals surface area contributed by atoms with E-state index in [0.29, 0.717) is 25.7 Å². The van der Waals surface area contributed by atoms with Gasteiger partial charge in [-0.15, -0.1) is 0 Å². The van der Waals surface area contributed by atoms with E-state index in [0.717, 1.165) is 13.1 Å². The number of urea groups is 1. The number of nitrogens with one attached hydrogen (secondary N) is 1. The molecule has 2 rings (SSSR count). The third kappa shape index (κ3) is 3.59. The normalized spacial score (nSPS) is 22.7. The number of hydrogen-bond donors (Lipinski definition) is 2. The van der Waals surface area contributed by atoms with E-state index in [2.05, 4.69) is 17.1 Å². The number of rotatable bonds is 4. The smallest absolute Gasteiger partial charge is 0.317 e. The number of nitrogens with zero attached hydrogens (tertiary/aromatic N) is 2. The molecule has 0 aromatic carbocycles. The standard InChI is InChI=1S/C13H23N3O3/c1-10(15-5-3-2-4-6-15)7-14-13(19)16-8-11(9-16)12(17)18/h10-11H,2-9H2,1H3,(H,14,19)(H,17,18). The van der Waals surface area contributed by atoms with Crippen molar-refractivity contribution in [3.05, 3.63) is 0 Å². The third-order valence-electron chi connectivity index (χ3n) is 4.08. The summed E-state index contributed by atoms with van der Waals surface area (Å²) in [6, 6.07) is 0.210. The SMILES string of the molecule is CC(CNC(=O)N1CC(C(=O)O)C1)N1CCCCC1. The second-order valence-corrected chi connectivity index (χ2v) is 5.57. The Morgan fingerprint density at radius 3 is 2.47 bits per heavy atom. The number of aliphatic carboxylic acids is 1. The maximum atomic E-state index is 11.8. The molecule has 0 aliphatic carbocycles. The molecule has 2 fully saturated rings. The van der Waals surface area contributed by atoms with E-state index in [1.54, 1.807) is 4.90 Å². The van der Waals surface area contributed by atoms with Crippen LogP contribution in [0.3, 0.4) is 0 Å². The van der Waals surface area contributed by atoms with Crippen LogP contribution in [0.1, 0.15) is 26.2 Å². The number of piperidine rings is 1. The Kier molecular flexibility index (Phi) is 4.63. The fraction of sp³-hybridized carbons (Fsp3) is 0.846. The molecule has 6 heteroatoms. The molecular formula is C13H23N3O3. The molecule has 0 radical (unpaired) electrons. The first-order valence-electron chi connectivity index (χ1n) is 7.07. The largest absolute Gasteiger partial charge is 0.481 e. The Morgan fingerprint density at radius 2 is 1.89 bits per heavy atom. The molecule has 0 bridgehead atoms. The van der Waals surface area contributed by atoms with Crippen LogP contribution in [-0.2, 0) is 4.79 Å². The molecule has 0 saturated carbocycles. The first kappa shape index (κ1) is 14.1. The average Bonchev–Trinajstić information content (AvgIpc) is 2.34. The molecule has 2 amide bonds. The monoisotopic (exact) mass is 269 g/mol. The van der Waals surface area contributed by atoms with Crippen LogP contribution in [0.5, 0.6) is 0 Å². The van der Waals surface area contributed by atoms with E-state index in [1.165, 1.54) is 19.3 Å². The summed E-state index contributed by atoms with van der Waals surface area (Å²) in [5.74, 6) is -1.20. The minimum absolute atomic E-state index is 0.138. The highest BCUT2D eigenvalue weighted by Crippen LogP contribution is 2.15. The quantitative estimate of drug-likeness (QED) is 0.783. The van der Waals surface area contributed by atoms with Crippen molar-refractivity contribution < 1.29 is 14.7 Å². The predicted molar refractivity (Wildman–Crippen MR) is 71.0 cm³/mol. The zero-order valence-electron chi connectivity index (χ0n) is 11.5. The molecule has 2 aliphatic rings. The Balaban J connectivity index is 1.65. The van der Waals surface area contributed by atoms with Crippen molar-refractivity contribution in [3.8, 4) is 0 Å². The first-order chi connectivity index (χ1) is 9.08. The van der Waals surface area contributed by atoms with Crippen molar-refractivity contribution in [2.75, 3.05) is 32.7 Å². The Labute approximate surface area is 113 Å². The zero-order chi connectivity index (χ0) is 13.8. The van der Waals surface area contributed by atoms with Gasteiger partial charge >= 0.3 is 12.0 Å². The summed E-state index contributed by atoms with van der Waals surface area (Å²) in [5.41, 5.74) is 0. The second kappa shape index (κ2) is 6.23. The van der Waals surface area contributed by atoms with Crippen molar-refractivity contribution in [2.24, 2.45) is 5.92 Å². The maximum absolute atomic E-state index is 11.8. The van der Waals surface area contributed by atoms with Crippen LogP contribution in [-0.4, -0.2) is 65.7 Å². The van der Waals surface area contributed by atoms with Crippen LogP contribution in [0.25, 0.3) is 0 Å². The number of likely N-dealkylation sites (tertiary alicyclic amines) is 2. The minimum Gasteiger partial charge on any atom is -0.481 e. The van der Waals surface area contributed by atoms with Gasteiger partial charge in [0.25, 0.3) is 0 Å². The Bertz CT molecular complexity index is 336. The van der Waals surface area contributed by atoms with Gasteiger partial charge in [0.15, 0.2) is 0 Å². The molecule has 2 saturated heterocycles. The molecule has 0 aromatic rings. The lowest BCUT2D eigenvalue weighted by Crippen LogP contribution is -2.57. The van der Waals surface area contributed by atoms with Crippen LogP contribution < -0.4 is 5.32 Å². The molecule has 19 heavy (non-hydrogen) atoms. The van der Waals surface area contributed by atoms with Crippen molar-refractivity contribution in [1.82, 2.24) is 15.1 Å². The lowest BCUT2D eigenvalue weighted by Gasteiger charge is -2.37. The number of carbonyl (C=O) groups excluding carboxylic acids is 1. The van der Waals surface area contributed by atoms with Gasteiger partial charge < -0.3 is 15.3 Å². The van der Waals surface area contributed by atoms with E-state index < -0.39 is 5.97 Å². The molecular weight excluding hydrogens is 246 g/mol. The zero-order valence-corrected chi connectivity index (χ0v) is 11.5. The summed E-state index contributed by atoms with van der Waals surface area (Å²) >= 11 is 0. The highest BCUT2D eigenvalue weighted by molar-refractivity contribution is 5.79. The topological polar surface area (TPSA) is 72.9 Å². The van der Waals surface area contributed by atoms with E-state index >= 15 is 0 Å². The summed E-state index contributed by atoms with van der Waals surface area (Å²) in [7, 11) is 0. The Morgan fingerprint density at radius 1 is 1.26 bits per heavy atom. The molecule has 2 aliphatic heterocycles. The van der Waals surface area contributed by atoms with Crippen LogP contribution >= 0.6 is 0 Å². The van der Waals surface area contributed by atoms with E-state index in [9.17, 15) is 9.59 Å². The molecule has 1 atom stereocenters. The molecule has 0 spiro atoms. The average molecular weight is 269 g/mol. The molecule has 2 heterocycles. The van der Waals surface area contributed by atoms with Gasteiger partial charge in [0.2, 0.25) is 0 Å². The maximum Gasteiger partial charge on any atom is 0.317 e. The summed E-state index contributed by atoms with van der Waals surface area (Å²) in [6.45, 7) is 5.65. The number of amides is 2. The number of carbonyl (C=O) groups is 2. The highest BCUT2D eigenvalue weighted by atomic mass is 16.4. The van der Waals surface area contributed by atoms with E-state index in [1.807, 2.05) is 0 Å². The van der Waals surface area contributed by atoms with Crippen molar-refractivity contribution in [1.29, 1.82) is 0 Å². The van der Waals surface area contributed by atoms with Gasteiger partial charge in [-0.05, 0) is 32.9 Å². The molecule has 108 valence electrons. The van der Waals surface area contributed by atoms with Gasteiger partial charge in [-0.25, -0.2) is 4.79 Å². The number of carboxylic acid groups (broad SMARTS) is 1. The Hall–Kier alpha value is -1.30. The molecule has 1 unspecified atom stereocenters. The second-order valence-electron chi connectivity index (χ2n) is 5.57. The van der Waals surface area contributed by atoms with Crippen LogP contribution in [0, 0.1) is 5.92 Å². The van der Waals surface area contributed by atoms with Crippen molar-refractivity contribution >= 4 is 12.0 Å². The molecule has 6 nitrogen and oxygen atoms in total. The van der Waals surface area contributed by atoms with Gasteiger partial charge in [0, 0.05) is 25.7 Å². The van der Waals surface area contributed by atoms with E-state index in [-0.39, 0.29) is 11.9 Å². The minimum atomic E-state index is -0.814. The van der Waals surface area contributed by atoms with Crippen LogP contribution in [0.4, 0.5) is 4.79 Å². The fourth-order valence-corrected chi connectivity index (χ4v) is 2.64. The first-order valence-corrected chi connectivity index (χ1v) is 7.07. The van der Waals surface area contributed by atoms with E-state index in [4.69, 9.17) is 5.11 Å². The lowest BCUT2D eigenvalue weighted by atomic mass is 10.0. The molecule has 2 N–H and O–H groups in total. The third-order valence-corrected chi connectivity index (χ3v) is 4.08. The predicted octanol–water partition coefficient (Wildman–Crippen LogP) is 0.587. The fourth-order valence-electron chi connectivity index (χ4n) is 2.64. The summed E-state index contributed by atoms with van der Waals surface area (Å²) in [6.07, 6.45) is 3.79. The van der Waals surface area contributed by atoms with Crippen molar-refractivity contribution in [3.63, 3.8) is 0 Å². The summed E-state index contributed by atoms with van der Waals surface area (Å²) in [5, 5.41) is 11.6. The lowest BCUT2D eigenvalue weighted by molar-refractivity contribution is -0.146. The van der Waals surface area contributed by atoms with Gasteiger partial charge in [0.1, 0.15) is 0 Å². The van der Waals surface area contributed by atoms with Gasteiger partial charge in [-0.2, -0.15) is 0 Å². The van der Waals surface area contributed by atoms with Crippen LogP contribution in [0.2, 0.25) is 0 Å². The highest BCUT2D eigenvalue weighted by Gasteiger charge is 2.35. The number of hydrogen-bond acceptors (Lipinski definition) is 3. The number of carboxylic acids is 1. The summed E-state index contributed by atoms with van der Waals surface area (Å²) < 4.78 is 0. The molecule has 0 aromatic heterocycles. The van der Waals surface area contributed by atoms with Crippen LogP contribution in [0.15, 0.2) is 0 Å². The van der Waals surface area contributed by atoms with Gasteiger partial charge in [0.05, 0.1) is 5.92 Å².